The highest BCUT2D eigenvalue weighted by atomic mass is 16.6. The third-order valence-corrected chi connectivity index (χ3v) is 1.47. The maximum atomic E-state index is 11.1. The fraction of sp³-hybridized carbons (Fsp3) is 0.500. The lowest BCUT2D eigenvalue weighted by atomic mass is 10.1. The van der Waals surface area contributed by atoms with Gasteiger partial charge in [0, 0.05) is 0 Å². The topological polar surface area (TPSA) is 96.5 Å². The van der Waals surface area contributed by atoms with Gasteiger partial charge in [-0.15, -0.1) is 0 Å². The second kappa shape index (κ2) is 3.85. The van der Waals surface area contributed by atoms with Crippen LogP contribution in [0.15, 0.2) is 0 Å². The summed E-state index contributed by atoms with van der Waals surface area (Å²) in [6.07, 6.45) is -0.0824. The molecule has 1 heterocycles. The van der Waals surface area contributed by atoms with Crippen molar-refractivity contribution in [2.45, 2.75) is 12.5 Å². The molecule has 1 atom stereocenters. The number of carbonyl (C=O) groups excluding carboxylic acids is 3. The Morgan fingerprint density at radius 2 is 2.31 bits per heavy atom. The Labute approximate surface area is 73.8 Å². The van der Waals surface area contributed by atoms with E-state index in [0.717, 1.165) is 0 Å². The van der Waals surface area contributed by atoms with Gasteiger partial charge in [-0.3, -0.25) is 19.7 Å². The van der Waals surface area contributed by atoms with Crippen LogP contribution in [0.25, 0.3) is 0 Å². The van der Waals surface area contributed by atoms with Crippen molar-refractivity contribution < 1.29 is 19.2 Å². The molecule has 0 aromatic rings. The van der Waals surface area contributed by atoms with Crippen molar-refractivity contribution in [1.82, 2.24) is 16.1 Å². The SMILES string of the molecule is CONC(=O)[C@@H]1CC(=O)NC(=O)N1. The first-order chi connectivity index (χ1) is 6.13. The summed E-state index contributed by atoms with van der Waals surface area (Å²) >= 11 is 0. The number of nitrogens with one attached hydrogen (secondary N) is 3. The van der Waals surface area contributed by atoms with Crippen LogP contribution in [0, 0.1) is 0 Å². The molecule has 0 unspecified atom stereocenters. The molecule has 1 fully saturated rings. The minimum absolute atomic E-state index is 0.0824. The molecule has 72 valence electrons. The Balaban J connectivity index is 2.54. The molecular weight excluding hydrogens is 178 g/mol. The van der Waals surface area contributed by atoms with E-state index in [1.54, 1.807) is 0 Å². The number of hydroxylamine groups is 1. The van der Waals surface area contributed by atoms with Gasteiger partial charge in [0.05, 0.1) is 13.5 Å². The summed E-state index contributed by atoms with van der Waals surface area (Å²) in [4.78, 5) is 36.9. The lowest BCUT2D eigenvalue weighted by Crippen LogP contribution is -2.57. The van der Waals surface area contributed by atoms with Gasteiger partial charge in [0.25, 0.3) is 5.91 Å². The maximum absolute atomic E-state index is 11.1. The zero-order valence-electron chi connectivity index (χ0n) is 6.92. The van der Waals surface area contributed by atoms with Crippen molar-refractivity contribution in [3.63, 3.8) is 0 Å². The van der Waals surface area contributed by atoms with E-state index in [4.69, 9.17) is 0 Å². The zero-order chi connectivity index (χ0) is 9.84. The van der Waals surface area contributed by atoms with Crippen LogP contribution in [-0.2, 0) is 14.4 Å². The molecule has 7 nitrogen and oxygen atoms in total. The Morgan fingerprint density at radius 3 is 2.85 bits per heavy atom. The monoisotopic (exact) mass is 187 g/mol. The van der Waals surface area contributed by atoms with Crippen molar-refractivity contribution in [2.75, 3.05) is 7.11 Å². The molecule has 0 radical (unpaired) electrons. The standard InChI is InChI=1S/C6H9N3O4/c1-13-9-5(11)3-2-4(10)8-6(12)7-3/h3H,2H2,1H3,(H,9,11)(H2,7,8,10,12)/t3-/m0/s1. The summed E-state index contributed by atoms with van der Waals surface area (Å²) in [5.41, 5.74) is 2.02. The molecule has 7 heteroatoms. The van der Waals surface area contributed by atoms with Gasteiger partial charge >= 0.3 is 6.03 Å². The number of imide groups is 1. The van der Waals surface area contributed by atoms with E-state index in [2.05, 4.69) is 10.2 Å². The molecule has 1 aliphatic rings. The van der Waals surface area contributed by atoms with E-state index >= 15 is 0 Å². The molecule has 1 aliphatic heterocycles. The molecule has 0 aromatic heterocycles. The molecule has 4 amide bonds. The van der Waals surface area contributed by atoms with Gasteiger partial charge in [-0.05, 0) is 0 Å². The first kappa shape index (κ1) is 9.46. The highest BCUT2D eigenvalue weighted by Crippen LogP contribution is 1.97. The number of hydrogen-bond acceptors (Lipinski definition) is 4. The summed E-state index contributed by atoms with van der Waals surface area (Å²) in [7, 11) is 1.27. The number of hydrogen-bond donors (Lipinski definition) is 3. The van der Waals surface area contributed by atoms with E-state index in [9.17, 15) is 14.4 Å². The van der Waals surface area contributed by atoms with E-state index in [0.29, 0.717) is 0 Å². The van der Waals surface area contributed by atoms with Crippen LogP contribution in [0.4, 0.5) is 4.79 Å². The van der Waals surface area contributed by atoms with Gasteiger partial charge in [-0.2, -0.15) is 0 Å². The predicted molar refractivity (Wildman–Crippen MR) is 40.2 cm³/mol. The molecule has 0 aromatic carbocycles. The van der Waals surface area contributed by atoms with Crippen LogP contribution >= 0.6 is 0 Å². The van der Waals surface area contributed by atoms with Gasteiger partial charge in [-0.1, -0.05) is 0 Å². The first-order valence-corrected chi connectivity index (χ1v) is 3.56. The Bertz CT molecular complexity index is 236. The Hall–Kier alpha value is -1.63. The van der Waals surface area contributed by atoms with Crippen molar-refractivity contribution in [3.8, 4) is 0 Å². The number of amides is 4. The Morgan fingerprint density at radius 1 is 1.62 bits per heavy atom. The lowest BCUT2D eigenvalue weighted by Gasteiger charge is -2.21. The minimum Gasteiger partial charge on any atom is -0.325 e. The average molecular weight is 187 g/mol. The molecule has 0 bridgehead atoms. The van der Waals surface area contributed by atoms with Crippen LogP contribution in [0.2, 0.25) is 0 Å². The molecular formula is C6H9N3O4. The molecule has 1 saturated heterocycles. The van der Waals surface area contributed by atoms with Crippen LogP contribution in [0.3, 0.4) is 0 Å². The largest absolute Gasteiger partial charge is 0.325 e. The second-order valence-electron chi connectivity index (χ2n) is 2.45. The van der Waals surface area contributed by atoms with E-state index in [1.807, 2.05) is 10.8 Å². The van der Waals surface area contributed by atoms with Crippen LogP contribution in [0.5, 0.6) is 0 Å². The normalized spacial score (nSPS) is 21.8. The maximum Gasteiger partial charge on any atom is 0.322 e. The fourth-order valence-electron chi connectivity index (χ4n) is 0.938. The third kappa shape index (κ3) is 2.41. The Kier molecular flexibility index (Phi) is 2.80. The fourth-order valence-corrected chi connectivity index (χ4v) is 0.938. The number of carbonyl (C=O) groups is 3. The van der Waals surface area contributed by atoms with Gasteiger partial charge < -0.3 is 5.32 Å². The zero-order valence-corrected chi connectivity index (χ0v) is 6.92. The summed E-state index contributed by atoms with van der Waals surface area (Å²) < 4.78 is 0. The van der Waals surface area contributed by atoms with Crippen LogP contribution in [-0.4, -0.2) is 31.0 Å². The molecule has 0 saturated carbocycles. The van der Waals surface area contributed by atoms with Gasteiger partial charge in [0.2, 0.25) is 5.91 Å². The predicted octanol–water partition coefficient (Wildman–Crippen LogP) is -1.74. The number of rotatable bonds is 2. The molecule has 3 N–H and O–H groups in total. The number of urea groups is 1. The highest BCUT2D eigenvalue weighted by Gasteiger charge is 2.29. The van der Waals surface area contributed by atoms with Crippen molar-refractivity contribution in [2.24, 2.45) is 0 Å². The van der Waals surface area contributed by atoms with Crippen molar-refractivity contribution in [3.05, 3.63) is 0 Å². The smallest absolute Gasteiger partial charge is 0.322 e. The van der Waals surface area contributed by atoms with E-state index in [-0.39, 0.29) is 6.42 Å². The van der Waals surface area contributed by atoms with Crippen LogP contribution < -0.4 is 16.1 Å². The highest BCUT2D eigenvalue weighted by molar-refractivity contribution is 6.02. The van der Waals surface area contributed by atoms with E-state index in [1.165, 1.54) is 7.11 Å². The molecule has 0 spiro atoms. The molecule has 0 aliphatic carbocycles. The third-order valence-electron chi connectivity index (χ3n) is 1.47. The summed E-state index contributed by atoms with van der Waals surface area (Å²) in [6.45, 7) is 0. The average Bonchev–Trinajstić information content (AvgIpc) is 2.03. The minimum atomic E-state index is -0.860. The quantitative estimate of drug-likeness (QED) is 0.447. The first-order valence-electron chi connectivity index (χ1n) is 3.56. The second-order valence-corrected chi connectivity index (χ2v) is 2.45. The molecule has 1 rings (SSSR count). The summed E-state index contributed by atoms with van der Waals surface area (Å²) in [5.74, 6) is -1.04. The van der Waals surface area contributed by atoms with Crippen molar-refractivity contribution >= 4 is 17.8 Å². The summed E-state index contributed by atoms with van der Waals surface area (Å²) in [5, 5.41) is 4.26. The van der Waals surface area contributed by atoms with Gasteiger partial charge in [0.15, 0.2) is 0 Å². The lowest BCUT2D eigenvalue weighted by molar-refractivity contribution is -0.136. The van der Waals surface area contributed by atoms with Crippen LogP contribution in [0.1, 0.15) is 6.42 Å². The van der Waals surface area contributed by atoms with Crippen molar-refractivity contribution in [1.29, 1.82) is 0 Å². The summed E-state index contributed by atoms with van der Waals surface area (Å²) in [6, 6.07) is -1.53. The van der Waals surface area contributed by atoms with E-state index < -0.39 is 23.9 Å². The van der Waals surface area contributed by atoms with Gasteiger partial charge in [-0.25, -0.2) is 10.3 Å². The van der Waals surface area contributed by atoms with Gasteiger partial charge in [0.1, 0.15) is 6.04 Å². The molecule has 13 heavy (non-hydrogen) atoms.